The maximum atomic E-state index is 12.7. The van der Waals surface area contributed by atoms with E-state index in [9.17, 15) is 9.59 Å². The summed E-state index contributed by atoms with van der Waals surface area (Å²) in [7, 11) is 0. The minimum Gasteiger partial charge on any atom is -0.459 e. The smallest absolute Gasteiger partial charge is 0.291 e. The van der Waals surface area contributed by atoms with Crippen LogP contribution < -0.4 is 10.6 Å². The number of rotatable bonds is 7. The molecule has 0 saturated heterocycles. The first-order valence-corrected chi connectivity index (χ1v) is 10.4. The van der Waals surface area contributed by atoms with E-state index < -0.39 is 0 Å². The van der Waals surface area contributed by atoms with E-state index in [1.54, 1.807) is 24.3 Å². The molecule has 0 spiro atoms. The van der Waals surface area contributed by atoms with Crippen molar-refractivity contribution in [3.05, 3.63) is 77.2 Å². The lowest BCUT2D eigenvalue weighted by Crippen LogP contribution is -2.24. The predicted octanol–water partition coefficient (Wildman–Crippen LogP) is 6.00. The molecule has 0 radical (unpaired) electrons. The highest BCUT2D eigenvalue weighted by molar-refractivity contribution is 8.00. The largest absolute Gasteiger partial charge is 0.459 e. The van der Waals surface area contributed by atoms with Crippen LogP contribution in [0.25, 0.3) is 0 Å². The number of anilines is 2. The zero-order valence-electron chi connectivity index (χ0n) is 16.1. The second-order valence-corrected chi connectivity index (χ2v) is 8.11. The Morgan fingerprint density at radius 1 is 1.07 bits per heavy atom. The first-order valence-electron chi connectivity index (χ1n) is 9.15. The molecule has 0 aliphatic heterocycles. The minimum absolute atomic E-state index is 0.0950. The van der Waals surface area contributed by atoms with Crippen LogP contribution in [0.4, 0.5) is 11.4 Å². The maximum Gasteiger partial charge on any atom is 0.291 e. The van der Waals surface area contributed by atoms with E-state index in [4.69, 9.17) is 16.0 Å². The number of thioether (sulfide) groups is 1. The molecule has 2 N–H and O–H groups in total. The summed E-state index contributed by atoms with van der Waals surface area (Å²) < 4.78 is 5.10. The standard InChI is InChI=1S/C22H21ClN2O3S/c1-3-20(22(27)25-16-10-9-14(2)18(23)13-16)29-17-7-4-6-15(12-17)24-21(26)19-8-5-11-28-19/h4-13,20H,3H2,1-2H3,(H,24,26)(H,25,27). The van der Waals surface area contributed by atoms with E-state index in [1.165, 1.54) is 18.0 Å². The van der Waals surface area contributed by atoms with Gasteiger partial charge < -0.3 is 15.1 Å². The highest BCUT2D eigenvalue weighted by Crippen LogP contribution is 2.29. The summed E-state index contributed by atoms with van der Waals surface area (Å²) in [5, 5.41) is 6.04. The Labute approximate surface area is 178 Å². The molecule has 5 nitrogen and oxygen atoms in total. The Balaban J connectivity index is 1.66. The molecule has 0 fully saturated rings. The average Bonchev–Trinajstić information content (AvgIpc) is 3.24. The molecule has 2 amide bonds. The third kappa shape index (κ3) is 5.65. The van der Waals surface area contributed by atoms with Crippen molar-refractivity contribution in [2.24, 2.45) is 0 Å². The number of nitrogens with one attached hydrogen (secondary N) is 2. The van der Waals surface area contributed by atoms with Crippen molar-refractivity contribution < 1.29 is 14.0 Å². The highest BCUT2D eigenvalue weighted by Gasteiger charge is 2.19. The van der Waals surface area contributed by atoms with E-state index in [2.05, 4.69) is 10.6 Å². The number of halogens is 1. The monoisotopic (exact) mass is 428 g/mol. The molecule has 1 heterocycles. The normalized spacial score (nSPS) is 11.7. The lowest BCUT2D eigenvalue weighted by molar-refractivity contribution is -0.115. The summed E-state index contributed by atoms with van der Waals surface area (Å²) in [6.45, 7) is 3.87. The first-order chi connectivity index (χ1) is 14.0. The number of furan rings is 1. The molecular weight excluding hydrogens is 408 g/mol. The first kappa shape index (κ1) is 21.0. The molecule has 0 saturated carbocycles. The Hall–Kier alpha value is -2.70. The van der Waals surface area contributed by atoms with Crippen LogP contribution in [0.5, 0.6) is 0 Å². The van der Waals surface area contributed by atoms with Gasteiger partial charge in [0, 0.05) is 21.3 Å². The molecule has 150 valence electrons. The Kier molecular flexibility index (Phi) is 7.01. The van der Waals surface area contributed by atoms with E-state index in [0.717, 1.165) is 10.5 Å². The van der Waals surface area contributed by atoms with Gasteiger partial charge in [-0.2, -0.15) is 0 Å². The van der Waals surface area contributed by atoms with Gasteiger partial charge >= 0.3 is 0 Å². The number of hydrogen-bond donors (Lipinski definition) is 2. The van der Waals surface area contributed by atoms with Gasteiger partial charge in [-0.25, -0.2) is 0 Å². The second kappa shape index (κ2) is 9.67. The van der Waals surface area contributed by atoms with Crippen molar-refractivity contribution in [1.29, 1.82) is 0 Å². The van der Waals surface area contributed by atoms with Crippen LogP contribution in [-0.2, 0) is 4.79 Å². The van der Waals surface area contributed by atoms with Crippen molar-refractivity contribution in [2.75, 3.05) is 10.6 Å². The topological polar surface area (TPSA) is 71.3 Å². The molecule has 1 aromatic heterocycles. The van der Waals surface area contributed by atoms with Gasteiger partial charge in [-0.05, 0) is 61.4 Å². The number of amides is 2. The summed E-state index contributed by atoms with van der Waals surface area (Å²) in [6, 6.07) is 16.1. The summed E-state index contributed by atoms with van der Waals surface area (Å²) in [6.07, 6.45) is 2.10. The van der Waals surface area contributed by atoms with Gasteiger partial charge in [0.2, 0.25) is 5.91 Å². The number of carbonyl (C=O) groups is 2. The van der Waals surface area contributed by atoms with Crippen LogP contribution in [0.15, 0.2) is 70.2 Å². The third-order valence-corrected chi connectivity index (χ3v) is 5.98. The van der Waals surface area contributed by atoms with Crippen LogP contribution in [0.3, 0.4) is 0 Å². The molecule has 1 atom stereocenters. The summed E-state index contributed by atoms with van der Waals surface area (Å²) in [5.74, 6) is -0.175. The van der Waals surface area contributed by atoms with Crippen molar-refractivity contribution in [3.8, 4) is 0 Å². The van der Waals surface area contributed by atoms with E-state index in [-0.39, 0.29) is 22.8 Å². The van der Waals surface area contributed by atoms with Gasteiger partial charge in [0.05, 0.1) is 11.5 Å². The Morgan fingerprint density at radius 3 is 2.55 bits per heavy atom. The van der Waals surface area contributed by atoms with Gasteiger partial charge in [0.15, 0.2) is 5.76 Å². The quantitative estimate of drug-likeness (QED) is 0.452. The summed E-state index contributed by atoms with van der Waals surface area (Å²) in [5.41, 5.74) is 2.26. The molecule has 7 heteroatoms. The SMILES string of the molecule is CCC(Sc1cccc(NC(=O)c2ccco2)c1)C(=O)Nc1ccc(C)c(Cl)c1. The molecule has 2 aromatic carbocycles. The zero-order chi connectivity index (χ0) is 20.8. The van der Waals surface area contributed by atoms with E-state index in [0.29, 0.717) is 22.8 Å². The fraction of sp³-hybridized carbons (Fsp3) is 0.182. The molecule has 1 unspecified atom stereocenters. The second-order valence-electron chi connectivity index (χ2n) is 6.43. The van der Waals surface area contributed by atoms with Gasteiger partial charge in [-0.15, -0.1) is 11.8 Å². The fourth-order valence-corrected chi connectivity index (χ4v) is 3.82. The van der Waals surface area contributed by atoms with Gasteiger partial charge in [-0.1, -0.05) is 30.7 Å². The average molecular weight is 429 g/mol. The van der Waals surface area contributed by atoms with E-state index >= 15 is 0 Å². The van der Waals surface area contributed by atoms with Gasteiger partial charge in [0.25, 0.3) is 5.91 Å². The predicted molar refractivity (Wildman–Crippen MR) is 118 cm³/mol. The molecule has 3 rings (SSSR count). The minimum atomic E-state index is -0.321. The molecule has 0 bridgehead atoms. The Bertz CT molecular complexity index is 1010. The molecule has 0 aliphatic carbocycles. The lowest BCUT2D eigenvalue weighted by Gasteiger charge is -2.16. The van der Waals surface area contributed by atoms with Crippen LogP contribution >= 0.6 is 23.4 Å². The van der Waals surface area contributed by atoms with Crippen molar-refractivity contribution >= 4 is 46.6 Å². The molecule has 3 aromatic rings. The number of carbonyl (C=O) groups excluding carboxylic acids is 2. The number of hydrogen-bond acceptors (Lipinski definition) is 4. The van der Waals surface area contributed by atoms with Crippen molar-refractivity contribution in [2.45, 2.75) is 30.4 Å². The number of benzene rings is 2. The molecular formula is C22H21ClN2O3S. The van der Waals surface area contributed by atoms with Crippen LogP contribution in [0.1, 0.15) is 29.5 Å². The van der Waals surface area contributed by atoms with Gasteiger partial charge in [0.1, 0.15) is 0 Å². The zero-order valence-corrected chi connectivity index (χ0v) is 17.6. The van der Waals surface area contributed by atoms with Gasteiger partial charge in [-0.3, -0.25) is 9.59 Å². The van der Waals surface area contributed by atoms with Crippen LogP contribution in [0, 0.1) is 6.92 Å². The fourth-order valence-electron chi connectivity index (χ4n) is 2.63. The lowest BCUT2D eigenvalue weighted by atomic mass is 10.2. The summed E-state index contributed by atoms with van der Waals surface area (Å²) >= 11 is 7.58. The van der Waals surface area contributed by atoms with Crippen LogP contribution in [-0.4, -0.2) is 17.1 Å². The van der Waals surface area contributed by atoms with Crippen LogP contribution in [0.2, 0.25) is 5.02 Å². The maximum absolute atomic E-state index is 12.7. The molecule has 0 aliphatic rings. The highest BCUT2D eigenvalue weighted by atomic mass is 35.5. The number of aryl methyl sites for hydroxylation is 1. The molecule has 29 heavy (non-hydrogen) atoms. The van der Waals surface area contributed by atoms with E-state index in [1.807, 2.05) is 44.2 Å². The van der Waals surface area contributed by atoms with Crippen molar-refractivity contribution in [3.63, 3.8) is 0 Å². The Morgan fingerprint density at radius 2 is 1.86 bits per heavy atom. The third-order valence-electron chi connectivity index (χ3n) is 4.22. The van der Waals surface area contributed by atoms with Crippen molar-refractivity contribution in [1.82, 2.24) is 0 Å². The summed E-state index contributed by atoms with van der Waals surface area (Å²) in [4.78, 5) is 25.7.